The number of hydrogen-bond acceptors (Lipinski definition) is 5. The van der Waals surface area contributed by atoms with E-state index in [2.05, 4.69) is 15.2 Å². The van der Waals surface area contributed by atoms with Crippen molar-refractivity contribution in [3.8, 4) is 0 Å². The van der Waals surface area contributed by atoms with Gasteiger partial charge in [-0.1, -0.05) is 68.0 Å². The summed E-state index contributed by atoms with van der Waals surface area (Å²) in [5.41, 5.74) is 0. The molecule has 1 atom stereocenters. The normalized spacial score (nSPS) is 20.3. The van der Waals surface area contributed by atoms with Crippen LogP contribution in [0.1, 0.15) is 77.6 Å². The minimum Gasteiger partial charge on any atom is -0.480 e. The van der Waals surface area contributed by atoms with Crippen LogP contribution in [0.5, 0.6) is 0 Å². The molecule has 2 saturated carbocycles. The first-order valence-electron chi connectivity index (χ1n) is 10.5. The molecule has 2 aliphatic rings. The van der Waals surface area contributed by atoms with E-state index < -0.39 is 11.2 Å². The first-order valence-corrected chi connectivity index (χ1v) is 12.2. The smallest absolute Gasteiger partial charge is 0.324 e. The van der Waals surface area contributed by atoms with Crippen LogP contribution in [0, 0.1) is 0 Å². The number of amides is 2. The van der Waals surface area contributed by atoms with Gasteiger partial charge in [0.15, 0.2) is 5.13 Å². The number of carboxylic acids is 1. The fraction of sp³-hybridized carbons (Fsp3) is 0.750. The Balaban J connectivity index is 1.68. The number of nitrogens with one attached hydrogen (secondary N) is 1. The molecule has 2 aliphatic carbocycles. The summed E-state index contributed by atoms with van der Waals surface area (Å²) in [4.78, 5) is 30.7. The summed E-state index contributed by atoms with van der Waals surface area (Å²) < 4.78 is 0.809. The lowest BCUT2D eigenvalue weighted by Crippen LogP contribution is -2.49. The highest BCUT2D eigenvalue weighted by Gasteiger charge is 2.32. The van der Waals surface area contributed by atoms with Crippen LogP contribution in [0.15, 0.2) is 10.4 Å². The van der Waals surface area contributed by atoms with E-state index in [1.807, 2.05) is 0 Å². The maximum absolute atomic E-state index is 13.2. The number of hydrogen-bond donors (Lipinski definition) is 2. The molecule has 0 aliphatic heterocycles. The molecule has 2 fully saturated rings. The van der Waals surface area contributed by atoms with Crippen molar-refractivity contribution < 1.29 is 14.7 Å². The van der Waals surface area contributed by atoms with Crippen LogP contribution < -0.4 is 5.32 Å². The number of thioether (sulfide) groups is 1. The van der Waals surface area contributed by atoms with Gasteiger partial charge >= 0.3 is 12.0 Å². The molecular formula is C20H31N3O3S2. The van der Waals surface area contributed by atoms with Gasteiger partial charge in [0.1, 0.15) is 5.25 Å². The summed E-state index contributed by atoms with van der Waals surface area (Å²) in [6.07, 6.45) is 14.6. The van der Waals surface area contributed by atoms with Gasteiger partial charge in [0.05, 0.1) is 10.4 Å². The average molecular weight is 426 g/mol. The molecule has 1 heterocycles. The van der Waals surface area contributed by atoms with E-state index in [1.54, 1.807) is 13.1 Å². The van der Waals surface area contributed by atoms with Gasteiger partial charge in [-0.25, -0.2) is 9.78 Å². The minimum atomic E-state index is -0.846. The number of thiazole rings is 1. The van der Waals surface area contributed by atoms with Gasteiger partial charge in [-0.15, -0.1) is 0 Å². The van der Waals surface area contributed by atoms with Crippen molar-refractivity contribution in [2.45, 2.75) is 99.1 Å². The van der Waals surface area contributed by atoms with E-state index in [1.165, 1.54) is 68.0 Å². The van der Waals surface area contributed by atoms with Crippen molar-refractivity contribution in [3.63, 3.8) is 0 Å². The molecular weight excluding hydrogens is 394 g/mol. The Hall–Kier alpha value is -1.28. The third-order valence-corrected chi connectivity index (χ3v) is 7.90. The zero-order valence-corrected chi connectivity index (χ0v) is 18.2. The zero-order chi connectivity index (χ0) is 19.9. The van der Waals surface area contributed by atoms with Crippen molar-refractivity contribution in [2.75, 3.05) is 5.32 Å². The van der Waals surface area contributed by atoms with Crippen LogP contribution in [0.4, 0.5) is 9.93 Å². The lowest BCUT2D eigenvalue weighted by atomic mass is 9.92. The third kappa shape index (κ3) is 5.86. The lowest BCUT2D eigenvalue weighted by Gasteiger charge is -2.39. The molecule has 0 radical (unpaired) electrons. The fourth-order valence-electron chi connectivity index (χ4n) is 4.28. The molecule has 2 N–H and O–H groups in total. The third-order valence-electron chi connectivity index (χ3n) is 5.76. The summed E-state index contributed by atoms with van der Waals surface area (Å²) >= 11 is 2.61. The van der Waals surface area contributed by atoms with Crippen LogP contribution in [0.25, 0.3) is 0 Å². The summed E-state index contributed by atoms with van der Waals surface area (Å²) in [6.45, 7) is 1.65. The molecule has 1 aromatic rings. The highest BCUT2D eigenvalue weighted by molar-refractivity contribution is 8.02. The summed E-state index contributed by atoms with van der Waals surface area (Å²) in [7, 11) is 0. The van der Waals surface area contributed by atoms with Gasteiger partial charge in [-0.05, 0) is 32.6 Å². The van der Waals surface area contributed by atoms with E-state index in [-0.39, 0.29) is 6.03 Å². The molecule has 0 aromatic carbocycles. The highest BCUT2D eigenvalue weighted by Crippen LogP contribution is 2.33. The van der Waals surface area contributed by atoms with Gasteiger partial charge in [0.25, 0.3) is 0 Å². The number of anilines is 1. The monoisotopic (exact) mass is 425 g/mol. The molecule has 156 valence electrons. The molecule has 8 heteroatoms. The van der Waals surface area contributed by atoms with Gasteiger partial charge in [0.2, 0.25) is 0 Å². The first kappa shape index (κ1) is 21.4. The van der Waals surface area contributed by atoms with Crippen LogP contribution in [0.2, 0.25) is 0 Å². The highest BCUT2D eigenvalue weighted by atomic mass is 32.2. The predicted octanol–water partition coefficient (Wildman–Crippen LogP) is 5.60. The minimum absolute atomic E-state index is 0.0315. The van der Waals surface area contributed by atoms with E-state index in [9.17, 15) is 9.59 Å². The number of carboxylic acid groups (broad SMARTS) is 1. The molecule has 28 heavy (non-hydrogen) atoms. The molecule has 3 rings (SSSR count). The Morgan fingerprint density at radius 2 is 1.64 bits per heavy atom. The number of rotatable bonds is 6. The summed E-state index contributed by atoms with van der Waals surface area (Å²) in [6, 6.07) is 0.625. The van der Waals surface area contributed by atoms with Crippen LogP contribution in [-0.4, -0.2) is 44.3 Å². The quantitative estimate of drug-likeness (QED) is 0.458. The molecule has 0 spiro atoms. The van der Waals surface area contributed by atoms with E-state index >= 15 is 0 Å². The van der Waals surface area contributed by atoms with Gasteiger partial charge in [-0.3, -0.25) is 10.1 Å². The molecule has 1 aromatic heterocycles. The fourth-order valence-corrected chi connectivity index (χ4v) is 6.24. The Bertz CT molecular complexity index is 653. The van der Waals surface area contributed by atoms with Crippen molar-refractivity contribution in [2.24, 2.45) is 0 Å². The number of urea groups is 1. The van der Waals surface area contributed by atoms with Gasteiger partial charge < -0.3 is 10.0 Å². The van der Waals surface area contributed by atoms with E-state index in [0.29, 0.717) is 17.2 Å². The van der Waals surface area contributed by atoms with Gasteiger partial charge in [-0.2, -0.15) is 0 Å². The molecule has 0 bridgehead atoms. The van der Waals surface area contributed by atoms with Crippen molar-refractivity contribution in [1.29, 1.82) is 0 Å². The second kappa shape index (κ2) is 10.5. The Labute approximate surface area is 175 Å². The molecule has 6 nitrogen and oxygen atoms in total. The summed E-state index contributed by atoms with van der Waals surface area (Å²) in [5, 5.41) is 12.1. The Morgan fingerprint density at radius 1 is 1.11 bits per heavy atom. The first-order chi connectivity index (χ1) is 13.5. The van der Waals surface area contributed by atoms with Crippen molar-refractivity contribution in [1.82, 2.24) is 9.88 Å². The molecule has 2 amide bonds. The predicted molar refractivity (Wildman–Crippen MR) is 114 cm³/mol. The van der Waals surface area contributed by atoms with Crippen LogP contribution in [-0.2, 0) is 4.79 Å². The number of aromatic nitrogens is 1. The zero-order valence-electron chi connectivity index (χ0n) is 16.6. The van der Waals surface area contributed by atoms with Crippen molar-refractivity contribution in [3.05, 3.63) is 6.20 Å². The maximum atomic E-state index is 13.2. The number of carbonyl (C=O) groups excluding carboxylic acids is 1. The van der Waals surface area contributed by atoms with Crippen LogP contribution >= 0.6 is 23.1 Å². The number of carbonyl (C=O) groups is 2. The largest absolute Gasteiger partial charge is 0.480 e. The molecule has 1 unspecified atom stereocenters. The second-order valence-electron chi connectivity index (χ2n) is 7.86. The maximum Gasteiger partial charge on any atom is 0.324 e. The van der Waals surface area contributed by atoms with E-state index in [4.69, 9.17) is 5.11 Å². The Morgan fingerprint density at radius 3 is 2.18 bits per heavy atom. The van der Waals surface area contributed by atoms with Crippen LogP contribution in [0.3, 0.4) is 0 Å². The van der Waals surface area contributed by atoms with Gasteiger partial charge in [0, 0.05) is 12.1 Å². The Kier molecular flexibility index (Phi) is 8.02. The second-order valence-corrected chi connectivity index (χ2v) is 10.5. The summed E-state index contributed by atoms with van der Waals surface area (Å²) in [5.74, 6) is -0.846. The average Bonchev–Trinajstić information content (AvgIpc) is 2.94. The lowest BCUT2D eigenvalue weighted by molar-refractivity contribution is -0.136. The SMILES string of the molecule is CC(Sc1cnc(NC(=O)N(C2CCCCCC2)C2CCCCC2)s1)C(=O)O. The molecule has 0 saturated heterocycles. The number of nitrogens with zero attached hydrogens (tertiary/aromatic N) is 2. The number of aliphatic carboxylic acids is 1. The van der Waals surface area contributed by atoms with Crippen molar-refractivity contribution >= 4 is 40.2 Å². The topological polar surface area (TPSA) is 82.5 Å². The van der Waals surface area contributed by atoms with E-state index in [0.717, 1.165) is 29.9 Å². The standard InChI is InChI=1S/C20H31N3O3S2/c1-14(18(24)25)27-17-13-21-19(28-17)22-20(26)23(16-11-7-4-8-12-16)15-9-5-2-3-6-10-15/h13-16H,2-12H2,1H3,(H,24,25)(H,21,22,26).